The topological polar surface area (TPSA) is 32.3 Å². The first-order chi connectivity index (χ1) is 12.1. The van der Waals surface area contributed by atoms with E-state index in [4.69, 9.17) is 11.6 Å². The van der Waals surface area contributed by atoms with Crippen molar-refractivity contribution in [3.8, 4) is 0 Å². The van der Waals surface area contributed by atoms with Gasteiger partial charge < -0.3 is 5.32 Å². The van der Waals surface area contributed by atoms with Crippen LogP contribution in [0.1, 0.15) is 44.6 Å². The Morgan fingerprint density at radius 3 is 2.52 bits per heavy atom. The van der Waals surface area contributed by atoms with E-state index in [1.54, 1.807) is 0 Å². The second-order valence-corrected chi connectivity index (χ2v) is 8.97. The molecule has 3 rings (SSSR count). The molecule has 1 aromatic carbocycles. The first-order valence-corrected chi connectivity index (χ1v) is 11.1. The van der Waals surface area contributed by atoms with Crippen LogP contribution < -0.4 is 5.32 Å². The van der Waals surface area contributed by atoms with Gasteiger partial charge >= 0.3 is 0 Å². The summed E-state index contributed by atoms with van der Waals surface area (Å²) >= 11 is 7.80. The normalized spacial score (nSPS) is 27.2. The van der Waals surface area contributed by atoms with Crippen molar-refractivity contribution in [2.75, 3.05) is 12.0 Å². The highest BCUT2D eigenvalue weighted by atomic mass is 35.5. The summed E-state index contributed by atoms with van der Waals surface area (Å²) in [5.41, 5.74) is 1.33. The molecule has 1 amide bonds. The summed E-state index contributed by atoms with van der Waals surface area (Å²) < 4.78 is 0. The van der Waals surface area contributed by atoms with E-state index in [1.807, 2.05) is 23.9 Å². The van der Waals surface area contributed by atoms with Crippen LogP contribution in [0.4, 0.5) is 0 Å². The van der Waals surface area contributed by atoms with Crippen molar-refractivity contribution in [1.82, 2.24) is 10.2 Å². The highest BCUT2D eigenvalue weighted by molar-refractivity contribution is 7.98. The van der Waals surface area contributed by atoms with Crippen molar-refractivity contribution in [2.45, 2.75) is 63.7 Å². The molecule has 0 saturated carbocycles. The predicted molar refractivity (Wildman–Crippen MR) is 107 cm³/mol. The first kappa shape index (κ1) is 19.1. The first-order valence-electron chi connectivity index (χ1n) is 9.36. The van der Waals surface area contributed by atoms with Crippen LogP contribution in [0.25, 0.3) is 0 Å². The number of halogens is 1. The Hall–Kier alpha value is -0.710. The number of nitrogens with zero attached hydrogens (tertiary/aromatic N) is 1. The summed E-state index contributed by atoms with van der Waals surface area (Å²) in [6.45, 7) is 3.05. The van der Waals surface area contributed by atoms with E-state index in [9.17, 15) is 4.79 Å². The molecule has 3 nitrogen and oxygen atoms in total. The summed E-state index contributed by atoms with van der Waals surface area (Å²) in [7, 11) is 0. The fourth-order valence-electron chi connectivity index (χ4n) is 4.22. The van der Waals surface area contributed by atoms with Gasteiger partial charge in [0.15, 0.2) is 0 Å². The van der Waals surface area contributed by atoms with Crippen molar-refractivity contribution in [1.29, 1.82) is 0 Å². The van der Waals surface area contributed by atoms with Gasteiger partial charge in [-0.3, -0.25) is 9.69 Å². The molecular formula is C20H29ClN2OS. The second kappa shape index (κ2) is 8.79. The average molecular weight is 381 g/mol. The minimum atomic E-state index is 0.122. The zero-order valence-electron chi connectivity index (χ0n) is 15.2. The van der Waals surface area contributed by atoms with Gasteiger partial charge in [0.1, 0.15) is 0 Å². The van der Waals surface area contributed by atoms with Crippen LogP contribution in [-0.2, 0) is 11.3 Å². The van der Waals surface area contributed by atoms with Gasteiger partial charge in [-0.25, -0.2) is 0 Å². The average Bonchev–Trinajstić information content (AvgIpc) is 2.83. The third-order valence-corrected chi connectivity index (χ3v) is 6.61. The van der Waals surface area contributed by atoms with Gasteiger partial charge in [0.25, 0.3) is 0 Å². The summed E-state index contributed by atoms with van der Waals surface area (Å²) in [5.74, 6) is 1.42. The van der Waals surface area contributed by atoms with Crippen LogP contribution in [0.3, 0.4) is 0 Å². The molecule has 3 atom stereocenters. The van der Waals surface area contributed by atoms with Crippen molar-refractivity contribution in [2.24, 2.45) is 5.92 Å². The third kappa shape index (κ3) is 4.93. The van der Waals surface area contributed by atoms with E-state index in [1.165, 1.54) is 18.4 Å². The maximum Gasteiger partial charge on any atom is 0.223 e. The smallest absolute Gasteiger partial charge is 0.223 e. The molecule has 0 radical (unpaired) electrons. The number of amides is 1. The van der Waals surface area contributed by atoms with E-state index in [-0.39, 0.29) is 11.8 Å². The molecule has 0 spiro atoms. The molecule has 138 valence electrons. The van der Waals surface area contributed by atoms with Gasteiger partial charge in [0.2, 0.25) is 5.91 Å². The monoisotopic (exact) mass is 380 g/mol. The number of carbonyl (C=O) groups is 1. The fourth-order valence-corrected chi connectivity index (χ4v) is 4.94. The van der Waals surface area contributed by atoms with E-state index >= 15 is 0 Å². The Morgan fingerprint density at radius 2 is 1.92 bits per heavy atom. The van der Waals surface area contributed by atoms with Crippen molar-refractivity contribution >= 4 is 29.3 Å². The number of benzene rings is 1. The minimum absolute atomic E-state index is 0.122. The molecule has 5 heteroatoms. The maximum atomic E-state index is 12.4. The maximum absolute atomic E-state index is 12.4. The molecule has 2 aliphatic heterocycles. The van der Waals surface area contributed by atoms with Crippen LogP contribution in [0.5, 0.6) is 0 Å². The number of carbonyl (C=O) groups excluding carboxylic acids is 1. The van der Waals surface area contributed by atoms with Crippen LogP contribution >= 0.6 is 23.4 Å². The standard InChI is InChI=1S/C20H29ClN2OS/c1-14(9-10-25-2)20(24)22-17-11-18-7-8-19(12-17)23(18)13-15-3-5-16(21)6-4-15/h3-6,14,17-19H,7-13H2,1-2H3,(H,22,24). The van der Waals surface area contributed by atoms with E-state index in [0.717, 1.165) is 36.6 Å². The number of thioether (sulfide) groups is 1. The highest BCUT2D eigenvalue weighted by Gasteiger charge is 2.41. The predicted octanol–water partition coefficient (Wildman–Crippen LogP) is 4.34. The van der Waals surface area contributed by atoms with E-state index in [0.29, 0.717) is 18.1 Å². The van der Waals surface area contributed by atoms with Gasteiger partial charge in [-0.05, 0) is 61.8 Å². The number of fused-ring (bicyclic) bond motifs is 2. The van der Waals surface area contributed by atoms with Crippen LogP contribution in [0.15, 0.2) is 24.3 Å². The molecule has 3 unspecified atom stereocenters. The number of hydrogen-bond donors (Lipinski definition) is 1. The summed E-state index contributed by atoms with van der Waals surface area (Å²) in [4.78, 5) is 15.1. The molecule has 2 aliphatic rings. The SMILES string of the molecule is CSCCC(C)C(=O)NC1CC2CCC(C1)N2Cc1ccc(Cl)cc1. The molecule has 0 aromatic heterocycles. The molecule has 2 fully saturated rings. The van der Waals surface area contributed by atoms with Gasteiger partial charge in [-0.15, -0.1) is 0 Å². The fraction of sp³-hybridized carbons (Fsp3) is 0.650. The zero-order valence-corrected chi connectivity index (χ0v) is 16.8. The lowest BCUT2D eigenvalue weighted by molar-refractivity contribution is -0.125. The molecule has 2 saturated heterocycles. The molecule has 0 aliphatic carbocycles. The third-order valence-electron chi connectivity index (χ3n) is 5.71. The van der Waals surface area contributed by atoms with Crippen LogP contribution in [0, 0.1) is 5.92 Å². The molecule has 2 bridgehead atoms. The number of piperidine rings is 1. The highest BCUT2D eigenvalue weighted by Crippen LogP contribution is 2.37. The largest absolute Gasteiger partial charge is 0.353 e. The Kier molecular flexibility index (Phi) is 6.70. The number of rotatable bonds is 7. The summed E-state index contributed by atoms with van der Waals surface area (Å²) in [6, 6.07) is 9.75. The number of hydrogen-bond acceptors (Lipinski definition) is 3. The summed E-state index contributed by atoms with van der Waals surface area (Å²) in [5, 5.41) is 4.12. The van der Waals surface area contributed by atoms with E-state index in [2.05, 4.69) is 35.5 Å². The lowest BCUT2D eigenvalue weighted by atomic mass is 9.95. The lowest BCUT2D eigenvalue weighted by Crippen LogP contribution is -2.50. The molecule has 2 heterocycles. The van der Waals surface area contributed by atoms with Gasteiger partial charge in [0, 0.05) is 35.6 Å². The molecule has 1 aromatic rings. The zero-order chi connectivity index (χ0) is 17.8. The van der Waals surface area contributed by atoms with Crippen LogP contribution in [-0.4, -0.2) is 40.9 Å². The second-order valence-electron chi connectivity index (χ2n) is 7.54. The van der Waals surface area contributed by atoms with E-state index < -0.39 is 0 Å². The van der Waals surface area contributed by atoms with Crippen molar-refractivity contribution in [3.63, 3.8) is 0 Å². The van der Waals surface area contributed by atoms with Crippen molar-refractivity contribution < 1.29 is 4.79 Å². The van der Waals surface area contributed by atoms with Gasteiger partial charge in [0.05, 0.1) is 0 Å². The van der Waals surface area contributed by atoms with Crippen molar-refractivity contribution in [3.05, 3.63) is 34.9 Å². The Bertz CT molecular complexity index is 566. The lowest BCUT2D eigenvalue weighted by Gasteiger charge is -2.39. The Balaban J connectivity index is 1.53. The minimum Gasteiger partial charge on any atom is -0.353 e. The van der Waals surface area contributed by atoms with Gasteiger partial charge in [-0.1, -0.05) is 30.7 Å². The molecule has 25 heavy (non-hydrogen) atoms. The number of nitrogens with one attached hydrogen (secondary N) is 1. The Morgan fingerprint density at radius 1 is 1.28 bits per heavy atom. The quantitative estimate of drug-likeness (QED) is 0.763. The molecular weight excluding hydrogens is 352 g/mol. The van der Waals surface area contributed by atoms with Crippen LogP contribution in [0.2, 0.25) is 5.02 Å². The summed E-state index contributed by atoms with van der Waals surface area (Å²) in [6.07, 6.45) is 7.75. The van der Waals surface area contributed by atoms with Gasteiger partial charge in [-0.2, -0.15) is 11.8 Å². The Labute approximate surface area is 160 Å². The molecule has 1 N–H and O–H groups in total.